The summed E-state index contributed by atoms with van der Waals surface area (Å²) in [7, 11) is 1.70. The minimum Gasteiger partial charge on any atom is -0.339 e. The van der Waals surface area contributed by atoms with Crippen molar-refractivity contribution in [2.45, 2.75) is 39.3 Å². The van der Waals surface area contributed by atoms with E-state index in [0.717, 1.165) is 0 Å². The van der Waals surface area contributed by atoms with E-state index in [1.54, 1.807) is 11.9 Å². The van der Waals surface area contributed by atoms with E-state index in [2.05, 4.69) is 25.7 Å². The maximum Gasteiger partial charge on any atom is 0.229 e. The van der Waals surface area contributed by atoms with E-state index in [1.165, 1.54) is 11.0 Å². The minimum absolute atomic E-state index is 0.0311. The molecule has 2 heterocycles. The topological polar surface area (TPSA) is 103 Å². The Hall–Kier alpha value is -2.32. The molecule has 0 N–H and O–H groups in total. The standard InChI is InChI=1S/C11H17N7O2/c1-8(2)11-13-9(14-20-11)6-17(3)10(19)4-5-18-7-12-15-16-18/h7-8H,4-6H2,1-3H3. The van der Waals surface area contributed by atoms with E-state index in [-0.39, 0.29) is 11.8 Å². The Kier molecular flexibility index (Phi) is 4.38. The highest BCUT2D eigenvalue weighted by atomic mass is 16.5. The van der Waals surface area contributed by atoms with Crippen molar-refractivity contribution in [2.24, 2.45) is 0 Å². The summed E-state index contributed by atoms with van der Waals surface area (Å²) in [4.78, 5) is 17.7. The highest BCUT2D eigenvalue weighted by Gasteiger charge is 2.15. The second kappa shape index (κ2) is 6.22. The molecule has 0 aliphatic heterocycles. The molecule has 2 aromatic heterocycles. The summed E-state index contributed by atoms with van der Waals surface area (Å²) >= 11 is 0. The molecule has 108 valence electrons. The number of aryl methyl sites for hydroxylation is 1. The monoisotopic (exact) mass is 279 g/mol. The molecular formula is C11H17N7O2. The van der Waals surface area contributed by atoms with Gasteiger partial charge in [0.2, 0.25) is 11.8 Å². The third-order valence-electron chi connectivity index (χ3n) is 2.73. The first-order chi connectivity index (χ1) is 9.56. The van der Waals surface area contributed by atoms with Gasteiger partial charge in [-0.1, -0.05) is 19.0 Å². The molecule has 0 spiro atoms. The number of hydrogen-bond donors (Lipinski definition) is 0. The number of carbonyl (C=O) groups is 1. The van der Waals surface area contributed by atoms with Gasteiger partial charge in [0.15, 0.2) is 5.82 Å². The number of rotatable bonds is 6. The Morgan fingerprint density at radius 2 is 2.30 bits per heavy atom. The van der Waals surface area contributed by atoms with Gasteiger partial charge in [-0.25, -0.2) is 4.68 Å². The SMILES string of the molecule is CC(C)c1nc(CN(C)C(=O)CCn2cnnn2)no1. The van der Waals surface area contributed by atoms with Crippen LogP contribution in [0.2, 0.25) is 0 Å². The number of aromatic nitrogens is 6. The summed E-state index contributed by atoms with van der Waals surface area (Å²) in [5, 5.41) is 14.6. The van der Waals surface area contributed by atoms with E-state index < -0.39 is 0 Å². The van der Waals surface area contributed by atoms with Crippen LogP contribution >= 0.6 is 0 Å². The zero-order valence-electron chi connectivity index (χ0n) is 11.7. The summed E-state index contributed by atoms with van der Waals surface area (Å²) in [6.07, 6.45) is 1.79. The third kappa shape index (κ3) is 3.59. The Labute approximate surface area is 115 Å². The molecule has 1 amide bonds. The molecule has 2 aromatic rings. The average Bonchev–Trinajstić information content (AvgIpc) is 3.06. The summed E-state index contributed by atoms with van der Waals surface area (Å²) in [6, 6.07) is 0. The van der Waals surface area contributed by atoms with Gasteiger partial charge in [0.05, 0.1) is 13.1 Å². The molecule has 0 unspecified atom stereocenters. The van der Waals surface area contributed by atoms with Gasteiger partial charge in [0.1, 0.15) is 6.33 Å². The summed E-state index contributed by atoms with van der Waals surface area (Å²) < 4.78 is 6.61. The van der Waals surface area contributed by atoms with Gasteiger partial charge in [0.25, 0.3) is 0 Å². The van der Waals surface area contributed by atoms with Crippen LogP contribution in [0.4, 0.5) is 0 Å². The number of amides is 1. The second-order valence-corrected chi connectivity index (χ2v) is 4.78. The Bertz CT molecular complexity index is 549. The fourth-order valence-electron chi connectivity index (χ4n) is 1.55. The van der Waals surface area contributed by atoms with Crippen molar-refractivity contribution in [1.82, 2.24) is 35.2 Å². The molecular weight excluding hydrogens is 262 g/mol. The quantitative estimate of drug-likeness (QED) is 0.745. The lowest BCUT2D eigenvalue weighted by atomic mass is 10.2. The maximum atomic E-state index is 11.9. The van der Waals surface area contributed by atoms with Gasteiger partial charge in [-0.05, 0) is 10.4 Å². The molecule has 9 heteroatoms. The Morgan fingerprint density at radius 3 is 2.90 bits per heavy atom. The van der Waals surface area contributed by atoms with Crippen LogP contribution < -0.4 is 0 Å². The molecule has 0 aliphatic rings. The van der Waals surface area contributed by atoms with Crippen molar-refractivity contribution >= 4 is 5.91 Å². The van der Waals surface area contributed by atoms with E-state index >= 15 is 0 Å². The van der Waals surface area contributed by atoms with Gasteiger partial charge in [0, 0.05) is 19.4 Å². The lowest BCUT2D eigenvalue weighted by molar-refractivity contribution is -0.130. The predicted molar refractivity (Wildman–Crippen MR) is 67.3 cm³/mol. The van der Waals surface area contributed by atoms with Crippen LogP contribution in [0.3, 0.4) is 0 Å². The van der Waals surface area contributed by atoms with Crippen molar-refractivity contribution in [3.05, 3.63) is 18.0 Å². The first-order valence-electron chi connectivity index (χ1n) is 6.33. The molecule has 0 radical (unpaired) electrons. The van der Waals surface area contributed by atoms with Crippen LogP contribution in [0.25, 0.3) is 0 Å². The molecule has 0 fully saturated rings. The molecule has 0 saturated heterocycles. The van der Waals surface area contributed by atoms with E-state index in [1.807, 2.05) is 13.8 Å². The summed E-state index contributed by atoms with van der Waals surface area (Å²) in [5.74, 6) is 1.23. The van der Waals surface area contributed by atoms with Crippen LogP contribution in [-0.2, 0) is 17.9 Å². The first-order valence-corrected chi connectivity index (χ1v) is 6.33. The third-order valence-corrected chi connectivity index (χ3v) is 2.73. The highest BCUT2D eigenvalue weighted by molar-refractivity contribution is 5.75. The largest absolute Gasteiger partial charge is 0.339 e. The molecule has 0 saturated carbocycles. The van der Waals surface area contributed by atoms with Gasteiger partial charge in [-0.15, -0.1) is 5.10 Å². The van der Waals surface area contributed by atoms with E-state index in [9.17, 15) is 4.79 Å². The van der Waals surface area contributed by atoms with Gasteiger partial charge >= 0.3 is 0 Å². The van der Waals surface area contributed by atoms with E-state index in [0.29, 0.717) is 31.2 Å². The van der Waals surface area contributed by atoms with Crippen molar-refractivity contribution < 1.29 is 9.32 Å². The smallest absolute Gasteiger partial charge is 0.229 e. The van der Waals surface area contributed by atoms with Gasteiger partial charge < -0.3 is 9.42 Å². The van der Waals surface area contributed by atoms with Crippen LogP contribution in [0.1, 0.15) is 37.9 Å². The van der Waals surface area contributed by atoms with Crippen LogP contribution in [-0.4, -0.2) is 48.2 Å². The first kappa shape index (κ1) is 14.1. The Balaban J connectivity index is 1.83. The van der Waals surface area contributed by atoms with E-state index in [4.69, 9.17) is 4.52 Å². The minimum atomic E-state index is -0.0311. The summed E-state index contributed by atoms with van der Waals surface area (Å²) in [6.45, 7) is 4.71. The summed E-state index contributed by atoms with van der Waals surface area (Å²) in [5.41, 5.74) is 0. The van der Waals surface area contributed by atoms with Crippen molar-refractivity contribution in [3.8, 4) is 0 Å². The molecule has 0 aromatic carbocycles. The number of nitrogens with zero attached hydrogens (tertiary/aromatic N) is 7. The van der Waals surface area contributed by atoms with Crippen molar-refractivity contribution in [2.75, 3.05) is 7.05 Å². The molecule has 20 heavy (non-hydrogen) atoms. The molecule has 0 aliphatic carbocycles. The van der Waals surface area contributed by atoms with Crippen molar-refractivity contribution in [3.63, 3.8) is 0 Å². The number of tetrazole rings is 1. The molecule has 2 rings (SSSR count). The zero-order valence-corrected chi connectivity index (χ0v) is 11.7. The maximum absolute atomic E-state index is 11.9. The molecule has 0 bridgehead atoms. The lowest BCUT2D eigenvalue weighted by Crippen LogP contribution is -2.27. The van der Waals surface area contributed by atoms with Crippen LogP contribution in [0.5, 0.6) is 0 Å². The molecule has 9 nitrogen and oxygen atoms in total. The Morgan fingerprint density at radius 1 is 1.50 bits per heavy atom. The van der Waals surface area contributed by atoms with Gasteiger partial charge in [-0.2, -0.15) is 4.98 Å². The van der Waals surface area contributed by atoms with Crippen LogP contribution in [0, 0.1) is 0 Å². The number of hydrogen-bond acceptors (Lipinski definition) is 7. The van der Waals surface area contributed by atoms with Crippen molar-refractivity contribution in [1.29, 1.82) is 0 Å². The molecule has 0 atom stereocenters. The van der Waals surface area contributed by atoms with Gasteiger partial charge in [-0.3, -0.25) is 4.79 Å². The lowest BCUT2D eigenvalue weighted by Gasteiger charge is -2.14. The van der Waals surface area contributed by atoms with Crippen LogP contribution in [0.15, 0.2) is 10.9 Å². The number of carbonyl (C=O) groups excluding carboxylic acids is 1. The normalized spacial score (nSPS) is 11.0. The second-order valence-electron chi connectivity index (χ2n) is 4.78. The fraction of sp³-hybridized carbons (Fsp3) is 0.636. The predicted octanol–water partition coefficient (Wildman–Crippen LogP) is 0.228. The highest BCUT2D eigenvalue weighted by Crippen LogP contribution is 2.11. The zero-order chi connectivity index (χ0) is 14.5. The average molecular weight is 279 g/mol. The fourth-order valence-corrected chi connectivity index (χ4v) is 1.55.